The quantitative estimate of drug-likeness (QED) is 0.0358. The first kappa shape index (κ1) is 99.4. The lowest BCUT2D eigenvalue weighted by Crippen LogP contribution is -2.65. The molecule has 6 rings (SSSR count). The molecule has 6 aromatic carbocycles. The standard InChI is InChI=1S/C20H32O2Si3.C17H26O2Si3.C15H30O2Si3.C12H24O2Si3.C8H22OSi2.C5H16OSi2/c1-6-7-18-25(19-14-10-8-11-15-19,20-16-12-9-13-17-20)22-24(4,5)21-23(2)3;1-20(2)18-21(3,4)19-22(5,16-12-8-6-9-13-16)17-14-10-7-11-15-17;1-7-8-14-20(6,15-12-10-9-11-13-15)17-19(4,5)16-18(2)3;1-15(2)13-17(5,6)14-16(3,4)12-10-8-7-9-11-12;1-6-7-8-11(4,5)9-10(2)3;1-7(2)6-8(3,4)5/h8-17,23H,6-7,18H2,1-5H3;6-15,20H,1-5H3;9-13,18H,7-8,14H2,1-6H3;7-11,15H,1-6H3;10H,6-8H2,1-5H3;7H,1-5H3. The minimum atomic E-state index is -2.31. The number of unbranched alkanes of at least 4 members (excludes halogenated alkanes) is 3. The van der Waals surface area contributed by atoms with Gasteiger partial charge in [0, 0.05) is 0 Å². The van der Waals surface area contributed by atoms with Gasteiger partial charge >= 0.3 is 34.2 Å². The second-order valence-corrected chi connectivity index (χ2v) is 87.6. The molecule has 0 amide bonds. The first-order chi connectivity index (χ1) is 47.6. The van der Waals surface area contributed by atoms with Gasteiger partial charge in [-0.3, -0.25) is 0 Å². The third-order valence-electron chi connectivity index (χ3n) is 16.1. The molecule has 0 aliphatic rings. The van der Waals surface area contributed by atoms with E-state index < -0.39 is 138 Å². The third-order valence-corrected chi connectivity index (χ3v) is 69.2. The molecule has 0 bridgehead atoms. The Morgan fingerprint density at radius 2 is 0.515 bits per heavy atom. The predicted octanol–water partition coefficient (Wildman–Crippen LogP) is 19.0. The van der Waals surface area contributed by atoms with Gasteiger partial charge in [-0.1, -0.05) is 241 Å². The minimum Gasteiger partial charge on any atom is -0.458 e. The van der Waals surface area contributed by atoms with E-state index in [4.69, 9.17) is 41.2 Å². The van der Waals surface area contributed by atoms with Gasteiger partial charge in [0.15, 0.2) is 70.9 Å². The first-order valence-electron chi connectivity index (χ1n) is 38.8. The molecule has 0 aliphatic heterocycles. The zero-order chi connectivity index (χ0) is 78.6. The summed E-state index contributed by atoms with van der Waals surface area (Å²) >= 11 is 0. The summed E-state index contributed by atoms with van der Waals surface area (Å²) < 4.78 is 63.7. The minimum absolute atomic E-state index is 0.734. The summed E-state index contributed by atoms with van der Waals surface area (Å²) in [6.45, 7) is 71.6. The molecule has 26 heteroatoms. The predicted molar refractivity (Wildman–Crippen MR) is 497 cm³/mol. The maximum Gasteiger partial charge on any atom is 0.311 e. The molecule has 0 heterocycles. The second kappa shape index (κ2) is 48.2. The van der Waals surface area contributed by atoms with E-state index in [9.17, 15) is 0 Å². The van der Waals surface area contributed by atoms with Crippen molar-refractivity contribution in [1.29, 1.82) is 0 Å². The fraction of sp³-hybridized carbons (Fsp3) is 0.532. The van der Waals surface area contributed by atoms with E-state index in [2.05, 4.69) is 387 Å². The highest BCUT2D eigenvalue weighted by Gasteiger charge is 2.46. The average molecular weight is 1690 g/mol. The summed E-state index contributed by atoms with van der Waals surface area (Å²) in [5.74, 6) is 0. The summed E-state index contributed by atoms with van der Waals surface area (Å²) in [6.07, 6.45) is 7.47. The summed E-state index contributed by atoms with van der Waals surface area (Å²) in [5, 5.41) is 8.08. The van der Waals surface area contributed by atoms with Gasteiger partial charge in [-0.25, -0.2) is 0 Å². The molecule has 0 saturated heterocycles. The Morgan fingerprint density at radius 3 is 0.816 bits per heavy atom. The van der Waals surface area contributed by atoms with Crippen LogP contribution in [0.1, 0.15) is 59.3 Å². The highest BCUT2D eigenvalue weighted by molar-refractivity contribution is 7.02. The Balaban J connectivity index is 0.000000638. The molecule has 1 atom stereocenters. The highest BCUT2D eigenvalue weighted by Crippen LogP contribution is 2.26. The van der Waals surface area contributed by atoms with Crippen molar-refractivity contribution in [3.63, 3.8) is 0 Å². The summed E-state index contributed by atoms with van der Waals surface area (Å²) in [4.78, 5) is 0. The van der Waals surface area contributed by atoms with E-state index in [1.165, 1.54) is 81.7 Å². The largest absolute Gasteiger partial charge is 0.458 e. The lowest BCUT2D eigenvalue weighted by atomic mass is 10.4. The van der Waals surface area contributed by atoms with Crippen molar-refractivity contribution in [2.75, 3.05) is 0 Å². The Morgan fingerprint density at radius 1 is 0.252 bits per heavy atom. The molecule has 0 fully saturated rings. The number of benzene rings is 6. The average Bonchev–Trinajstić information content (AvgIpc) is 0.778. The van der Waals surface area contributed by atoms with Crippen LogP contribution in [0.4, 0.5) is 0 Å². The topological polar surface area (TPSA) is 92.3 Å². The molecule has 6 aromatic rings. The molecule has 0 radical (unpaired) electrons. The van der Waals surface area contributed by atoms with Crippen LogP contribution in [-0.4, -0.2) is 138 Å². The third kappa shape index (κ3) is 42.4. The van der Waals surface area contributed by atoms with Crippen LogP contribution < -0.4 is 31.1 Å². The van der Waals surface area contributed by atoms with Crippen LogP contribution in [0.3, 0.4) is 0 Å². The maximum absolute atomic E-state index is 7.10. The molecule has 0 saturated carbocycles. The van der Waals surface area contributed by atoms with Crippen molar-refractivity contribution in [3.05, 3.63) is 182 Å². The smallest absolute Gasteiger partial charge is 0.311 e. The molecule has 0 N–H and O–H groups in total. The number of rotatable bonds is 35. The summed E-state index contributed by atoms with van der Waals surface area (Å²) in [5.41, 5.74) is 0. The second-order valence-electron chi connectivity index (χ2n) is 33.0. The number of hydrogen-bond donors (Lipinski definition) is 0. The molecule has 0 aliphatic carbocycles. The zero-order valence-corrected chi connectivity index (χ0v) is 88.2. The maximum atomic E-state index is 7.10. The van der Waals surface area contributed by atoms with Crippen LogP contribution in [0.15, 0.2) is 182 Å². The number of hydrogen-bond acceptors (Lipinski definition) is 10. The van der Waals surface area contributed by atoms with Crippen molar-refractivity contribution >= 4 is 170 Å². The van der Waals surface area contributed by atoms with E-state index in [1.807, 2.05) is 6.07 Å². The Hall–Kier alpha value is -1.61. The molecule has 10 nitrogen and oxygen atoms in total. The van der Waals surface area contributed by atoms with Gasteiger partial charge < -0.3 is 41.2 Å². The van der Waals surface area contributed by atoms with E-state index >= 15 is 0 Å². The van der Waals surface area contributed by atoms with Crippen LogP contribution in [0.2, 0.25) is 208 Å². The fourth-order valence-corrected chi connectivity index (χ4v) is 74.9. The molecule has 0 spiro atoms. The molecule has 582 valence electrons. The van der Waals surface area contributed by atoms with Gasteiger partial charge in [0.1, 0.15) is 0 Å². The van der Waals surface area contributed by atoms with Gasteiger partial charge in [0.05, 0.1) is 0 Å². The zero-order valence-electron chi connectivity index (χ0n) is 71.2. The van der Waals surface area contributed by atoms with Gasteiger partial charge in [0.25, 0.3) is 0 Å². The van der Waals surface area contributed by atoms with Gasteiger partial charge in [-0.2, -0.15) is 0 Å². The first-order valence-corrected chi connectivity index (χ1v) is 83.4. The van der Waals surface area contributed by atoms with Crippen LogP contribution in [-0.2, 0) is 41.2 Å². The van der Waals surface area contributed by atoms with Gasteiger partial charge in [-0.05, 0) is 239 Å². The molecule has 103 heavy (non-hydrogen) atoms. The van der Waals surface area contributed by atoms with Crippen molar-refractivity contribution in [1.82, 2.24) is 0 Å². The van der Waals surface area contributed by atoms with Crippen LogP contribution in [0.5, 0.6) is 0 Å². The molecular formula is C77H150O10Si16. The molecule has 0 aromatic heterocycles. The summed E-state index contributed by atoms with van der Waals surface area (Å²) in [7, 11) is -24.8. The highest BCUT2D eigenvalue weighted by atomic mass is 28.5. The SMILES string of the molecule is CCCC[Si](C)(C)O[SiH](C)C.CCCC[Si](C)(O[Si](C)(C)O[SiH](C)C)c1ccccc1.CCCC[Si](O[Si](C)(C)O[SiH](C)C)(c1ccccc1)c1ccccc1.C[SiH](C)O[Si](C)(C)C.C[SiH](C)O[Si](C)(C)O[Si](C)(C)c1ccccc1.C[SiH](C)O[Si](C)(C)O[Si](C)(c1ccccc1)c1ccccc1. The van der Waals surface area contributed by atoms with E-state index in [-0.39, 0.29) is 0 Å². The van der Waals surface area contributed by atoms with E-state index in [0.29, 0.717) is 0 Å². The lowest BCUT2D eigenvalue weighted by Gasteiger charge is -2.40. The summed E-state index contributed by atoms with van der Waals surface area (Å²) in [6, 6.07) is 68.0. The molecule has 1 unspecified atom stereocenters. The van der Waals surface area contributed by atoms with Crippen LogP contribution >= 0.6 is 0 Å². The van der Waals surface area contributed by atoms with E-state index in [0.717, 1.165) is 6.04 Å². The van der Waals surface area contributed by atoms with Crippen molar-refractivity contribution in [2.24, 2.45) is 0 Å². The monoisotopic (exact) mass is 1680 g/mol. The lowest BCUT2D eigenvalue weighted by molar-refractivity contribution is 0.402. The Kier molecular flexibility index (Phi) is 46.5. The van der Waals surface area contributed by atoms with Crippen molar-refractivity contribution < 1.29 is 41.2 Å². The van der Waals surface area contributed by atoms with E-state index in [1.54, 1.807) is 0 Å². The van der Waals surface area contributed by atoms with Gasteiger partial charge in [-0.15, -0.1) is 0 Å². The van der Waals surface area contributed by atoms with Crippen molar-refractivity contribution in [2.45, 2.75) is 267 Å². The van der Waals surface area contributed by atoms with Gasteiger partial charge in [0.2, 0.25) is 33.3 Å². The van der Waals surface area contributed by atoms with Crippen molar-refractivity contribution in [3.8, 4) is 0 Å². The van der Waals surface area contributed by atoms with Crippen LogP contribution in [0, 0.1) is 0 Å². The Bertz CT molecular complexity index is 3040. The Labute approximate surface area is 654 Å². The molecular weight excluding hydrogens is 1530 g/mol. The normalized spacial score (nSPS) is 13.2. The fourth-order valence-electron chi connectivity index (χ4n) is 13.2. The van der Waals surface area contributed by atoms with Crippen LogP contribution in [0.25, 0.3) is 0 Å².